The standard InChI is InChI=1S/C15H9BrF2N2.C7H10N2O2S/c16-11-2-1-3-12(18)15(11)14-8-13(19-20-14)9-4-6-10(17)7-5-9;1-6-2-4-7(5-3-6)12(10,11)9-8/h1-8H,(H,19,20);2-5,9H,8H2,1H3. The molecule has 166 valence electrons. The van der Waals surface area contributed by atoms with Crippen LogP contribution in [0.5, 0.6) is 0 Å². The van der Waals surface area contributed by atoms with E-state index in [2.05, 4.69) is 26.1 Å². The summed E-state index contributed by atoms with van der Waals surface area (Å²) in [5.41, 5.74) is 3.39. The summed E-state index contributed by atoms with van der Waals surface area (Å²) in [5.74, 6) is 4.19. The summed E-state index contributed by atoms with van der Waals surface area (Å²) in [6.07, 6.45) is 0. The molecule has 0 saturated heterocycles. The summed E-state index contributed by atoms with van der Waals surface area (Å²) in [6.45, 7) is 1.88. The second-order valence-electron chi connectivity index (χ2n) is 6.70. The Bertz CT molecular complexity index is 1290. The maximum Gasteiger partial charge on any atom is 0.253 e. The fourth-order valence-electron chi connectivity index (χ4n) is 2.76. The highest BCUT2D eigenvalue weighted by Crippen LogP contribution is 2.31. The summed E-state index contributed by atoms with van der Waals surface area (Å²) in [6, 6.07) is 18.9. The first-order chi connectivity index (χ1) is 15.2. The summed E-state index contributed by atoms with van der Waals surface area (Å²) in [4.78, 5) is 1.93. The first kappa shape index (κ1) is 23.7. The number of nitrogens with zero attached hydrogens (tertiary/aromatic N) is 1. The van der Waals surface area contributed by atoms with Gasteiger partial charge in [0.15, 0.2) is 0 Å². The second kappa shape index (κ2) is 10.1. The van der Waals surface area contributed by atoms with Crippen LogP contribution in [0.4, 0.5) is 8.78 Å². The fourth-order valence-corrected chi connectivity index (χ4v) is 3.94. The van der Waals surface area contributed by atoms with Gasteiger partial charge in [-0.15, -0.1) is 0 Å². The third kappa shape index (κ3) is 5.65. The van der Waals surface area contributed by atoms with Crippen LogP contribution in [-0.2, 0) is 10.0 Å². The molecule has 4 aromatic rings. The van der Waals surface area contributed by atoms with Crippen molar-refractivity contribution in [2.24, 2.45) is 5.84 Å². The van der Waals surface area contributed by atoms with Gasteiger partial charge in [0.2, 0.25) is 0 Å². The van der Waals surface area contributed by atoms with E-state index in [1.165, 1.54) is 30.3 Å². The molecule has 6 nitrogen and oxygen atoms in total. The predicted molar refractivity (Wildman–Crippen MR) is 123 cm³/mol. The van der Waals surface area contributed by atoms with Crippen LogP contribution in [0.25, 0.3) is 22.5 Å². The van der Waals surface area contributed by atoms with Gasteiger partial charge in [-0.05, 0) is 77.5 Å². The molecule has 0 saturated carbocycles. The Hall–Kier alpha value is -2.92. The number of nitrogens with two attached hydrogens (primary N) is 1. The smallest absolute Gasteiger partial charge is 0.253 e. The highest BCUT2D eigenvalue weighted by molar-refractivity contribution is 9.10. The number of hydrogen-bond acceptors (Lipinski definition) is 4. The van der Waals surface area contributed by atoms with Crippen LogP contribution in [0.3, 0.4) is 0 Å². The van der Waals surface area contributed by atoms with Crippen LogP contribution in [0.15, 0.2) is 82.2 Å². The normalized spacial score (nSPS) is 11.0. The summed E-state index contributed by atoms with van der Waals surface area (Å²) in [7, 11) is -3.49. The lowest BCUT2D eigenvalue weighted by Gasteiger charge is -2.02. The van der Waals surface area contributed by atoms with Crippen LogP contribution in [-0.4, -0.2) is 18.6 Å². The minimum atomic E-state index is -3.49. The molecule has 0 bridgehead atoms. The number of nitrogens with one attached hydrogen (secondary N) is 2. The molecule has 4 N–H and O–H groups in total. The Kier molecular flexibility index (Phi) is 7.52. The lowest BCUT2D eigenvalue weighted by atomic mass is 10.1. The highest BCUT2D eigenvalue weighted by Gasteiger charge is 2.13. The van der Waals surface area contributed by atoms with E-state index in [1.54, 1.807) is 47.3 Å². The van der Waals surface area contributed by atoms with Gasteiger partial charge in [0, 0.05) is 15.6 Å². The number of halogens is 3. The van der Waals surface area contributed by atoms with E-state index in [9.17, 15) is 17.2 Å². The molecule has 0 unspecified atom stereocenters. The van der Waals surface area contributed by atoms with Crippen molar-refractivity contribution in [2.45, 2.75) is 11.8 Å². The first-order valence-corrected chi connectivity index (χ1v) is 11.5. The summed E-state index contributed by atoms with van der Waals surface area (Å²) < 4.78 is 49.6. The molecule has 0 fully saturated rings. The predicted octanol–water partition coefficient (Wildman–Crippen LogP) is 4.93. The molecule has 0 atom stereocenters. The number of rotatable bonds is 4. The molecular weight excluding hydrogens is 502 g/mol. The van der Waals surface area contributed by atoms with Crippen molar-refractivity contribution >= 4 is 26.0 Å². The molecule has 0 spiro atoms. The maximum absolute atomic E-state index is 13.9. The third-order valence-electron chi connectivity index (χ3n) is 4.44. The minimum Gasteiger partial charge on any atom is -0.277 e. The molecule has 3 aromatic carbocycles. The zero-order valence-corrected chi connectivity index (χ0v) is 19.2. The average molecular weight is 521 g/mol. The highest BCUT2D eigenvalue weighted by atomic mass is 79.9. The van der Waals surface area contributed by atoms with E-state index in [0.29, 0.717) is 21.4 Å². The first-order valence-electron chi connectivity index (χ1n) is 9.26. The van der Waals surface area contributed by atoms with Gasteiger partial charge in [-0.25, -0.2) is 17.2 Å². The van der Waals surface area contributed by atoms with E-state index in [-0.39, 0.29) is 16.5 Å². The zero-order chi connectivity index (χ0) is 23.3. The number of hydrazine groups is 1. The molecule has 1 aromatic heterocycles. The quantitative estimate of drug-likeness (QED) is 0.262. The van der Waals surface area contributed by atoms with Crippen LogP contribution in [0.2, 0.25) is 0 Å². The molecule has 0 amide bonds. The largest absolute Gasteiger partial charge is 0.277 e. The third-order valence-corrected chi connectivity index (χ3v) is 6.30. The summed E-state index contributed by atoms with van der Waals surface area (Å²) >= 11 is 3.32. The summed E-state index contributed by atoms with van der Waals surface area (Å²) in [5, 5.41) is 6.94. The Labute approximate surface area is 192 Å². The van der Waals surface area contributed by atoms with Gasteiger partial charge >= 0.3 is 0 Å². The number of hydrogen-bond donors (Lipinski definition) is 3. The van der Waals surface area contributed by atoms with Crippen molar-refractivity contribution in [3.8, 4) is 22.5 Å². The lowest BCUT2D eigenvalue weighted by molar-refractivity contribution is 0.584. The Morgan fingerprint density at radius 1 is 1.00 bits per heavy atom. The van der Waals surface area contributed by atoms with Crippen molar-refractivity contribution in [3.63, 3.8) is 0 Å². The van der Waals surface area contributed by atoms with Crippen molar-refractivity contribution < 1.29 is 17.2 Å². The minimum absolute atomic E-state index is 0.176. The Morgan fingerprint density at radius 3 is 2.25 bits per heavy atom. The number of aryl methyl sites for hydroxylation is 1. The van der Waals surface area contributed by atoms with Gasteiger partial charge in [0.1, 0.15) is 11.6 Å². The van der Waals surface area contributed by atoms with Crippen LogP contribution < -0.4 is 10.7 Å². The fraction of sp³-hybridized carbons (Fsp3) is 0.0455. The number of aromatic amines is 1. The second-order valence-corrected chi connectivity index (χ2v) is 9.27. The molecular formula is C22H19BrF2N4O2S. The SMILES string of the molecule is Cc1ccc(S(=O)(=O)NN)cc1.Fc1ccc(-c2cc(-c3c(F)cccc3Br)[nH]n2)cc1. The van der Waals surface area contributed by atoms with Crippen molar-refractivity contribution in [3.05, 3.63) is 94.5 Å². The van der Waals surface area contributed by atoms with E-state index < -0.39 is 10.0 Å². The van der Waals surface area contributed by atoms with Gasteiger partial charge in [0.25, 0.3) is 10.0 Å². The van der Waals surface area contributed by atoms with Crippen molar-refractivity contribution in [2.75, 3.05) is 0 Å². The number of sulfonamides is 1. The molecule has 0 aliphatic heterocycles. The molecule has 4 rings (SSSR count). The van der Waals surface area contributed by atoms with E-state index in [0.717, 1.165) is 11.1 Å². The van der Waals surface area contributed by atoms with Gasteiger partial charge in [-0.2, -0.15) is 9.93 Å². The van der Waals surface area contributed by atoms with Crippen LogP contribution >= 0.6 is 15.9 Å². The van der Waals surface area contributed by atoms with Gasteiger partial charge < -0.3 is 0 Å². The van der Waals surface area contributed by atoms with E-state index in [4.69, 9.17) is 5.84 Å². The molecule has 0 aliphatic rings. The average Bonchev–Trinajstić information content (AvgIpc) is 3.24. The molecule has 10 heteroatoms. The topological polar surface area (TPSA) is 101 Å². The number of H-pyrrole nitrogens is 1. The number of aromatic nitrogens is 2. The van der Waals surface area contributed by atoms with Crippen molar-refractivity contribution in [1.82, 2.24) is 15.0 Å². The van der Waals surface area contributed by atoms with Crippen LogP contribution in [0.1, 0.15) is 5.56 Å². The van der Waals surface area contributed by atoms with Crippen LogP contribution in [0, 0.1) is 18.6 Å². The Balaban J connectivity index is 0.000000207. The van der Waals surface area contributed by atoms with Crippen molar-refractivity contribution in [1.29, 1.82) is 0 Å². The van der Waals surface area contributed by atoms with E-state index >= 15 is 0 Å². The lowest BCUT2D eigenvalue weighted by Crippen LogP contribution is -2.30. The Morgan fingerprint density at radius 2 is 1.66 bits per heavy atom. The molecule has 0 radical (unpaired) electrons. The molecule has 0 aliphatic carbocycles. The molecule has 1 heterocycles. The molecule has 32 heavy (non-hydrogen) atoms. The maximum atomic E-state index is 13.9. The van der Waals surface area contributed by atoms with E-state index in [1.807, 2.05) is 6.92 Å². The number of benzene rings is 3. The van der Waals surface area contributed by atoms with Gasteiger partial charge in [0.05, 0.1) is 16.3 Å². The monoisotopic (exact) mass is 520 g/mol. The zero-order valence-electron chi connectivity index (χ0n) is 16.8. The van der Waals surface area contributed by atoms with Gasteiger partial charge in [-0.1, -0.05) is 23.8 Å². The van der Waals surface area contributed by atoms with Gasteiger partial charge in [-0.3, -0.25) is 10.9 Å².